The molecule has 3 heterocycles. The molecule has 3 aromatic rings. The number of primary amides is 1. The van der Waals surface area contributed by atoms with Crippen molar-refractivity contribution in [1.29, 1.82) is 5.41 Å². The van der Waals surface area contributed by atoms with Gasteiger partial charge in [-0.1, -0.05) is 91.6 Å². The first kappa shape index (κ1) is 59.2. The molecule has 2 aromatic carbocycles. The number of hydrogen-bond acceptors (Lipinski definition) is 10. The van der Waals surface area contributed by atoms with Crippen LogP contribution in [0.3, 0.4) is 0 Å². The smallest absolute Gasteiger partial charge is 0.245 e. The van der Waals surface area contributed by atoms with Crippen LogP contribution in [0.2, 0.25) is 0 Å². The van der Waals surface area contributed by atoms with Gasteiger partial charge in [0.1, 0.15) is 6.04 Å². The number of likely N-dealkylation sites (N-methyl/N-ethyl adjacent to an activating group) is 1. The van der Waals surface area contributed by atoms with Crippen molar-refractivity contribution in [2.75, 3.05) is 40.4 Å². The minimum atomic E-state index is -0.583. The van der Waals surface area contributed by atoms with Crippen LogP contribution in [0.25, 0.3) is 27.6 Å². The van der Waals surface area contributed by atoms with Gasteiger partial charge in [-0.2, -0.15) is 5.06 Å². The molecule has 4 atom stereocenters. The van der Waals surface area contributed by atoms with Gasteiger partial charge in [-0.05, 0) is 129 Å². The van der Waals surface area contributed by atoms with Gasteiger partial charge in [-0.25, -0.2) is 10.3 Å². The highest BCUT2D eigenvalue weighted by Gasteiger charge is 2.29. The number of nitrogens with one attached hydrogen (secondary N) is 2. The quantitative estimate of drug-likeness (QED) is 0.0256. The number of nitrogens with two attached hydrogens (primary N) is 1. The fourth-order valence-electron chi connectivity index (χ4n) is 9.13. The molecule has 3 amide bonds. The number of likely N-dealkylation sites (tertiary alicyclic amines) is 1. The molecule has 0 radical (unpaired) electrons. The number of ether oxygens (including phenoxy) is 1. The molecular formula is C54H89N7O7. The summed E-state index contributed by atoms with van der Waals surface area (Å²) in [6.45, 7) is 27.2. The van der Waals surface area contributed by atoms with E-state index in [0.29, 0.717) is 31.3 Å². The minimum absolute atomic E-state index is 0. The fraction of sp³-hybridized carbons (Fsp3) is 0.556. The Bertz CT molecular complexity index is 2160. The number of hydrogen-bond donors (Lipinski definition) is 5. The SMILES string of the molecule is C.C=C/C(=C(\C=N)c1c(CC(C)(C)COO)c2cc(-c3cccc(CCCC(=O)N4CCC[C@@H](C)N4)c3)ccc2n1CC)[C@H](C)OC.C=CC(=O)N1CCC[C@H](C)C1.CC(C)[C@@H](C(N)=O)N(C)O.[HH].[HH]. The van der Waals surface area contributed by atoms with Crippen molar-refractivity contribution in [1.82, 2.24) is 25.0 Å². The zero-order valence-electron chi connectivity index (χ0n) is 42.1. The Morgan fingerprint density at radius 3 is 2.26 bits per heavy atom. The third-order valence-corrected chi connectivity index (χ3v) is 12.6. The van der Waals surface area contributed by atoms with Crippen molar-refractivity contribution in [3.63, 3.8) is 0 Å². The van der Waals surface area contributed by atoms with E-state index in [1.807, 2.05) is 25.7 Å². The van der Waals surface area contributed by atoms with Crippen LogP contribution in [0.4, 0.5) is 0 Å². The summed E-state index contributed by atoms with van der Waals surface area (Å²) in [5.74, 6) is 0.445. The maximum absolute atomic E-state index is 12.8. The first-order valence-electron chi connectivity index (χ1n) is 23.9. The Labute approximate surface area is 410 Å². The number of carbonyl (C=O) groups is 3. The normalized spacial score (nSPS) is 17.4. The number of benzene rings is 2. The molecule has 2 fully saturated rings. The summed E-state index contributed by atoms with van der Waals surface area (Å²) >= 11 is 0. The van der Waals surface area contributed by atoms with Gasteiger partial charge in [0, 0.05) is 78.3 Å². The average molecular weight is 948 g/mol. The number of nitrogens with zero attached hydrogens (tertiary/aromatic N) is 4. The summed E-state index contributed by atoms with van der Waals surface area (Å²) in [4.78, 5) is 41.0. The number of carbonyl (C=O) groups excluding carboxylic acids is 3. The molecular weight excluding hydrogens is 859 g/mol. The molecule has 14 nitrogen and oxygen atoms in total. The molecule has 6 N–H and O–H groups in total. The highest BCUT2D eigenvalue weighted by atomic mass is 17.1. The van der Waals surface area contributed by atoms with E-state index in [4.69, 9.17) is 21.1 Å². The molecule has 0 aliphatic carbocycles. The molecule has 68 heavy (non-hydrogen) atoms. The van der Waals surface area contributed by atoms with Crippen molar-refractivity contribution >= 4 is 40.4 Å². The van der Waals surface area contributed by atoms with Crippen molar-refractivity contribution < 1.29 is 37.3 Å². The second-order valence-electron chi connectivity index (χ2n) is 19.2. The predicted octanol–water partition coefficient (Wildman–Crippen LogP) is 10.2. The van der Waals surface area contributed by atoms with Crippen molar-refractivity contribution in [3.8, 4) is 11.1 Å². The monoisotopic (exact) mass is 948 g/mol. The number of fused-ring (bicyclic) bond motifs is 1. The molecule has 14 heteroatoms. The summed E-state index contributed by atoms with van der Waals surface area (Å²) in [6, 6.07) is 14.9. The minimum Gasteiger partial charge on any atom is -0.377 e. The predicted molar refractivity (Wildman–Crippen MR) is 281 cm³/mol. The summed E-state index contributed by atoms with van der Waals surface area (Å²) in [6.07, 6.45) is 11.7. The van der Waals surface area contributed by atoms with Crippen LogP contribution < -0.4 is 11.2 Å². The number of rotatable bonds is 19. The zero-order valence-corrected chi connectivity index (χ0v) is 42.1. The van der Waals surface area contributed by atoms with Crippen molar-refractivity contribution in [2.45, 2.75) is 139 Å². The van der Waals surface area contributed by atoms with E-state index in [9.17, 15) is 19.6 Å². The van der Waals surface area contributed by atoms with E-state index in [-0.39, 0.29) is 46.1 Å². The van der Waals surface area contributed by atoms with Crippen LogP contribution in [0.1, 0.15) is 121 Å². The van der Waals surface area contributed by atoms with Crippen LogP contribution in [-0.4, -0.2) is 113 Å². The molecule has 0 spiro atoms. The lowest BCUT2D eigenvalue weighted by molar-refractivity contribution is -0.259. The summed E-state index contributed by atoms with van der Waals surface area (Å²) in [5.41, 5.74) is 16.1. The van der Waals surface area contributed by atoms with E-state index in [1.165, 1.54) is 31.3 Å². The van der Waals surface area contributed by atoms with Gasteiger partial charge < -0.3 is 30.6 Å². The van der Waals surface area contributed by atoms with E-state index in [0.717, 1.165) is 101 Å². The second-order valence-corrected chi connectivity index (χ2v) is 19.2. The van der Waals surface area contributed by atoms with Crippen LogP contribution in [0.5, 0.6) is 0 Å². The number of hydroxylamine groups is 2. The standard InChI is InChI=1S/C38H52N4O4.C9H15NO.C6H14N2O2.CH4.2H2/c1-8-31(27(4)45-7)34(24-39)37-33(23-38(5,6)25-46-44)32-22-30(18-19-35(32)41(37)9-2)29-16-10-14-28(21-29)15-11-17-36(43)42-20-12-13-26(3)40-42;1-3-9(11)10-6-4-5-8(2)7-10;1-4(2)5(6(7)9)8(3)10;;;/h8,10,14,16,18-19,21-22,24,26-27,39-40,44H,1,9,11-13,15,17,20,23,25H2,2-7H3;3,8H,1,4-7H2,2H3;4-5,10H,1-3H3,(H2,7,9);1H4;2*1H/b34-31-,39-24?;;;;;/t26-,27+;8-;5-;;;/m100.../s1. The van der Waals surface area contributed by atoms with Crippen LogP contribution in [0, 0.1) is 22.7 Å². The van der Waals surface area contributed by atoms with Crippen molar-refractivity contribution in [3.05, 3.63) is 90.2 Å². The first-order valence-corrected chi connectivity index (χ1v) is 23.9. The van der Waals surface area contributed by atoms with Gasteiger partial charge >= 0.3 is 0 Å². The molecule has 0 saturated carbocycles. The lowest BCUT2D eigenvalue weighted by Gasteiger charge is -2.32. The van der Waals surface area contributed by atoms with E-state index in [1.54, 1.807) is 18.2 Å². The van der Waals surface area contributed by atoms with Crippen LogP contribution in [-0.2, 0) is 43.4 Å². The summed E-state index contributed by atoms with van der Waals surface area (Å²) < 4.78 is 7.95. The van der Waals surface area contributed by atoms with Gasteiger partial charge in [-0.15, -0.1) is 0 Å². The largest absolute Gasteiger partial charge is 0.377 e. The van der Waals surface area contributed by atoms with Crippen molar-refractivity contribution in [2.24, 2.45) is 23.0 Å². The Kier molecular flexibility index (Phi) is 24.8. The average Bonchev–Trinajstić information content (AvgIpc) is 3.58. The number of piperidine rings is 1. The Morgan fingerprint density at radius 1 is 1.06 bits per heavy atom. The van der Waals surface area contributed by atoms with Gasteiger partial charge in [0.05, 0.1) is 18.4 Å². The van der Waals surface area contributed by atoms with E-state index < -0.39 is 11.9 Å². The van der Waals surface area contributed by atoms with Crippen LogP contribution >= 0.6 is 0 Å². The molecule has 2 aliphatic rings. The Hall–Kier alpha value is -4.96. The third kappa shape index (κ3) is 16.6. The topological polar surface area (TPSA) is 187 Å². The fourth-order valence-corrected chi connectivity index (χ4v) is 9.13. The van der Waals surface area contributed by atoms with Gasteiger partial charge in [0.15, 0.2) is 0 Å². The molecule has 2 saturated heterocycles. The molecule has 5 rings (SSSR count). The van der Waals surface area contributed by atoms with Gasteiger partial charge in [-0.3, -0.25) is 24.6 Å². The number of aromatic nitrogens is 1. The van der Waals surface area contributed by atoms with Gasteiger partial charge in [0.25, 0.3) is 0 Å². The number of allylic oxidation sites excluding steroid dienone is 1. The molecule has 0 bridgehead atoms. The molecule has 1 aromatic heterocycles. The first-order chi connectivity index (χ1) is 31.8. The number of hydrazine groups is 1. The highest BCUT2D eigenvalue weighted by Crippen LogP contribution is 2.39. The Morgan fingerprint density at radius 2 is 1.74 bits per heavy atom. The maximum Gasteiger partial charge on any atom is 0.245 e. The number of methoxy groups -OCH3 is 1. The molecule has 2 aliphatic heterocycles. The molecule has 0 unspecified atom stereocenters. The zero-order chi connectivity index (χ0) is 50.0. The molecule has 382 valence electrons. The van der Waals surface area contributed by atoms with Crippen LogP contribution in [0.15, 0.2) is 73.3 Å². The lowest BCUT2D eigenvalue weighted by atomic mass is 9.83. The van der Waals surface area contributed by atoms with Gasteiger partial charge in [0.2, 0.25) is 17.7 Å². The number of aryl methyl sites for hydroxylation is 2. The Balaban J connectivity index is 0.00000164. The number of amides is 3. The third-order valence-electron chi connectivity index (χ3n) is 12.6. The highest BCUT2D eigenvalue weighted by molar-refractivity contribution is 6.13. The summed E-state index contributed by atoms with van der Waals surface area (Å²) in [5, 5.41) is 30.5. The van der Waals surface area contributed by atoms with E-state index >= 15 is 0 Å². The maximum atomic E-state index is 12.8. The second kappa shape index (κ2) is 28.5. The lowest BCUT2D eigenvalue weighted by Crippen LogP contribution is -2.51. The van der Waals surface area contributed by atoms with E-state index in [2.05, 4.69) is 105 Å². The summed E-state index contributed by atoms with van der Waals surface area (Å²) in [7, 11) is 3.08.